The topological polar surface area (TPSA) is 127 Å². The third-order valence-electron chi connectivity index (χ3n) is 4.14. The van der Waals surface area contributed by atoms with Gasteiger partial charge >= 0.3 is 16.8 Å². The molecule has 183 valence electrons. The summed E-state index contributed by atoms with van der Waals surface area (Å²) in [7, 11) is 0. The van der Waals surface area contributed by atoms with Crippen LogP contribution in [0.1, 0.15) is 12.8 Å². The Hall–Kier alpha value is -2.27. The summed E-state index contributed by atoms with van der Waals surface area (Å²) in [6, 6.07) is 0. The van der Waals surface area contributed by atoms with Gasteiger partial charge in [0.05, 0.1) is 0 Å². The monoisotopic (exact) mass is 501 g/mol. The Morgan fingerprint density at radius 2 is 1.06 bits per heavy atom. The standard InChI is InChI=1S/2C12H17N2O2.Co/c2*15-9-8-13-6-3-7-14-10-11-4-1-2-5-12(11)16;/h2*1-2,4-5,10,14-15H,3,6-9H2;/q2*-1;+2. The van der Waals surface area contributed by atoms with Crippen molar-refractivity contribution in [3.05, 3.63) is 82.8 Å². The van der Waals surface area contributed by atoms with Crippen LogP contribution in [0.25, 0.3) is 10.6 Å². The number of allylic oxidation sites excluding steroid dienone is 10. The van der Waals surface area contributed by atoms with E-state index in [1.165, 1.54) is 0 Å². The average Bonchev–Trinajstić information content (AvgIpc) is 2.80. The Bertz CT molecular complexity index is 681. The van der Waals surface area contributed by atoms with Crippen LogP contribution in [0.4, 0.5) is 0 Å². The van der Waals surface area contributed by atoms with Gasteiger partial charge in [0.25, 0.3) is 0 Å². The van der Waals surface area contributed by atoms with Gasteiger partial charge in [0, 0.05) is 49.8 Å². The molecular formula is C24H34CoN4O4. The first kappa shape index (κ1) is 30.7. The zero-order valence-corrected chi connectivity index (χ0v) is 19.8. The normalized spacial score (nSPS) is 16.5. The van der Waals surface area contributed by atoms with E-state index in [0.29, 0.717) is 24.2 Å². The van der Waals surface area contributed by atoms with Crippen LogP contribution >= 0.6 is 0 Å². The number of aliphatic hydroxyl groups excluding tert-OH is 2. The fourth-order valence-corrected chi connectivity index (χ4v) is 2.51. The van der Waals surface area contributed by atoms with Gasteiger partial charge in [-0.25, -0.2) is 0 Å². The van der Waals surface area contributed by atoms with Crippen molar-refractivity contribution in [2.24, 2.45) is 0 Å². The summed E-state index contributed by atoms with van der Waals surface area (Å²) in [4.78, 5) is 22.6. The van der Waals surface area contributed by atoms with Crippen molar-refractivity contribution >= 4 is 11.6 Å². The van der Waals surface area contributed by atoms with E-state index in [1.54, 1.807) is 48.9 Å². The molecule has 0 amide bonds. The predicted molar refractivity (Wildman–Crippen MR) is 128 cm³/mol. The Morgan fingerprint density at radius 3 is 1.42 bits per heavy atom. The number of nitrogens with zero attached hydrogens (tertiary/aromatic N) is 2. The van der Waals surface area contributed by atoms with Gasteiger partial charge < -0.3 is 31.5 Å². The molecule has 0 aromatic rings. The molecule has 0 heterocycles. The zero-order chi connectivity index (χ0) is 23.3. The van der Waals surface area contributed by atoms with Crippen molar-refractivity contribution < 1.29 is 36.6 Å². The summed E-state index contributed by atoms with van der Waals surface area (Å²) >= 11 is 0. The fourth-order valence-electron chi connectivity index (χ4n) is 2.51. The van der Waals surface area contributed by atoms with Crippen molar-refractivity contribution in [2.45, 2.75) is 12.8 Å². The molecule has 0 spiro atoms. The van der Waals surface area contributed by atoms with E-state index in [9.17, 15) is 9.59 Å². The first-order valence-corrected chi connectivity index (χ1v) is 10.8. The second kappa shape index (κ2) is 21.6. The van der Waals surface area contributed by atoms with E-state index in [0.717, 1.165) is 39.0 Å². The van der Waals surface area contributed by atoms with Crippen LogP contribution in [0, 0.1) is 0 Å². The molecule has 2 aliphatic carbocycles. The van der Waals surface area contributed by atoms with E-state index in [2.05, 4.69) is 21.3 Å². The molecule has 2 aliphatic rings. The first-order chi connectivity index (χ1) is 15.7. The number of hydrogen-bond donors (Lipinski definition) is 4. The summed E-state index contributed by atoms with van der Waals surface area (Å²) in [6.45, 7) is 4.28. The SMILES string of the molecule is O=C1C=CC=CC1=CNCCC[N-]CCO.O=C1C=CC=CC1=CNCCC[N-]CCO.[Co+2]. The number of rotatable bonds is 14. The number of aliphatic hydroxyl groups is 2. The van der Waals surface area contributed by atoms with Crippen molar-refractivity contribution in [1.29, 1.82) is 0 Å². The predicted octanol–water partition coefficient (Wildman–Crippen LogP) is 1.82. The minimum absolute atomic E-state index is 0. The number of ketones is 2. The Morgan fingerprint density at radius 1 is 0.667 bits per heavy atom. The Balaban J connectivity index is 0.000000602. The molecule has 0 atom stereocenters. The third-order valence-corrected chi connectivity index (χ3v) is 4.14. The third kappa shape index (κ3) is 16.1. The summed E-state index contributed by atoms with van der Waals surface area (Å²) in [5.74, 6) is 0.0555. The number of nitrogens with one attached hydrogen (secondary N) is 2. The van der Waals surface area contributed by atoms with Crippen LogP contribution in [0.5, 0.6) is 0 Å². The maximum Gasteiger partial charge on any atom is 2.00 e. The second-order valence-corrected chi connectivity index (χ2v) is 6.77. The van der Waals surface area contributed by atoms with E-state index in [4.69, 9.17) is 10.2 Å². The van der Waals surface area contributed by atoms with Crippen molar-refractivity contribution in [3.63, 3.8) is 0 Å². The van der Waals surface area contributed by atoms with Crippen molar-refractivity contribution in [1.82, 2.24) is 10.6 Å². The number of carbonyl (C=O) groups is 2. The average molecular weight is 501 g/mol. The van der Waals surface area contributed by atoms with Gasteiger partial charge in [-0.3, -0.25) is 9.59 Å². The molecule has 9 heteroatoms. The molecule has 0 unspecified atom stereocenters. The van der Waals surface area contributed by atoms with E-state index < -0.39 is 0 Å². The van der Waals surface area contributed by atoms with Crippen LogP contribution in [0.2, 0.25) is 0 Å². The van der Waals surface area contributed by atoms with E-state index in [1.807, 2.05) is 12.2 Å². The number of hydrogen-bond acceptors (Lipinski definition) is 6. The smallest absolute Gasteiger partial charge is 0.660 e. The second-order valence-electron chi connectivity index (χ2n) is 6.77. The van der Waals surface area contributed by atoms with Crippen LogP contribution < -0.4 is 10.6 Å². The largest absolute Gasteiger partial charge is 2.00 e. The molecule has 0 aliphatic heterocycles. The minimum Gasteiger partial charge on any atom is -0.660 e. The minimum atomic E-state index is 0. The molecule has 0 aromatic heterocycles. The summed E-state index contributed by atoms with van der Waals surface area (Å²) in [5.41, 5.74) is 1.35. The molecule has 8 nitrogen and oxygen atoms in total. The van der Waals surface area contributed by atoms with Crippen LogP contribution in [0.15, 0.2) is 72.2 Å². The van der Waals surface area contributed by atoms with Gasteiger partial charge in [0.2, 0.25) is 0 Å². The maximum atomic E-state index is 11.3. The van der Waals surface area contributed by atoms with Crippen LogP contribution in [0.3, 0.4) is 0 Å². The van der Waals surface area contributed by atoms with Gasteiger partial charge in [-0.15, -0.1) is 26.2 Å². The molecule has 0 saturated carbocycles. The zero-order valence-electron chi connectivity index (χ0n) is 18.8. The molecule has 0 saturated heterocycles. The van der Waals surface area contributed by atoms with Gasteiger partial charge in [-0.05, 0) is 24.3 Å². The molecule has 2 rings (SSSR count). The molecule has 0 fully saturated rings. The van der Waals surface area contributed by atoms with Gasteiger partial charge in [0.1, 0.15) is 0 Å². The molecule has 1 radical (unpaired) electrons. The summed E-state index contributed by atoms with van der Waals surface area (Å²) < 4.78 is 0. The molecule has 33 heavy (non-hydrogen) atoms. The van der Waals surface area contributed by atoms with Gasteiger partial charge in [-0.2, -0.15) is 0 Å². The fraction of sp³-hybridized carbons (Fsp3) is 0.417. The Labute approximate surface area is 206 Å². The quantitative estimate of drug-likeness (QED) is 0.213. The first-order valence-electron chi connectivity index (χ1n) is 10.8. The molecule has 4 N–H and O–H groups in total. The molecular weight excluding hydrogens is 467 g/mol. The van der Waals surface area contributed by atoms with E-state index in [-0.39, 0.29) is 41.6 Å². The maximum absolute atomic E-state index is 11.3. The summed E-state index contributed by atoms with van der Waals surface area (Å²) in [6.07, 6.45) is 19.1. The molecule has 0 bridgehead atoms. The van der Waals surface area contributed by atoms with E-state index >= 15 is 0 Å². The van der Waals surface area contributed by atoms with Crippen molar-refractivity contribution in [3.8, 4) is 0 Å². The Kier molecular flexibility index (Phi) is 20.1. The van der Waals surface area contributed by atoms with Crippen molar-refractivity contribution in [2.75, 3.05) is 52.5 Å². The van der Waals surface area contributed by atoms with Crippen LogP contribution in [-0.2, 0) is 26.4 Å². The van der Waals surface area contributed by atoms with Crippen LogP contribution in [-0.4, -0.2) is 74.3 Å². The summed E-state index contributed by atoms with van der Waals surface area (Å²) in [5, 5.41) is 31.3. The van der Waals surface area contributed by atoms with Gasteiger partial charge in [-0.1, -0.05) is 37.1 Å². The van der Waals surface area contributed by atoms with Gasteiger partial charge in [0.15, 0.2) is 11.6 Å². The number of carbonyl (C=O) groups excluding carboxylic acids is 2. The molecule has 0 aromatic carbocycles.